The first kappa shape index (κ1) is 21.4. The Balaban J connectivity index is 1.73. The zero-order valence-corrected chi connectivity index (χ0v) is 18.9. The first-order valence-electron chi connectivity index (χ1n) is 10.8. The number of hydrogen-bond acceptors (Lipinski definition) is 3. The van der Waals surface area contributed by atoms with Crippen molar-refractivity contribution in [2.45, 2.75) is 27.7 Å². The highest BCUT2D eigenvalue weighted by atomic mass is 16.5. The van der Waals surface area contributed by atoms with Crippen LogP contribution in [0.5, 0.6) is 5.75 Å². The van der Waals surface area contributed by atoms with Crippen molar-refractivity contribution in [3.8, 4) is 16.9 Å². The standard InChI is InChI=1S/C28H27NO3/c1-5-31-26-16-27-23(24(17-32-27)21-9-7-6-8-10-21)15-22(26)20(4)14-28(30)29-25-13-18(2)11-12-19(25)3/h6-17H,5H2,1-4H3,(H,29,30)/b20-14+. The molecule has 0 spiro atoms. The lowest BCUT2D eigenvalue weighted by molar-refractivity contribution is -0.111. The Bertz CT molecular complexity index is 1300. The fraction of sp³-hybridized carbons (Fsp3) is 0.179. The second kappa shape index (κ2) is 9.15. The lowest BCUT2D eigenvalue weighted by atomic mass is 9.99. The van der Waals surface area contributed by atoms with E-state index in [1.165, 1.54) is 0 Å². The first-order chi connectivity index (χ1) is 15.5. The molecule has 0 unspecified atom stereocenters. The number of carbonyl (C=O) groups is 1. The van der Waals surface area contributed by atoms with Gasteiger partial charge in [-0.2, -0.15) is 0 Å². The Kier molecular flexibility index (Phi) is 6.13. The van der Waals surface area contributed by atoms with Gasteiger partial charge >= 0.3 is 0 Å². The molecule has 0 saturated carbocycles. The number of anilines is 1. The Morgan fingerprint density at radius 2 is 1.84 bits per heavy atom. The summed E-state index contributed by atoms with van der Waals surface area (Å²) in [7, 11) is 0. The Morgan fingerprint density at radius 3 is 2.59 bits per heavy atom. The fourth-order valence-electron chi connectivity index (χ4n) is 3.79. The molecule has 0 bridgehead atoms. The molecule has 0 radical (unpaired) electrons. The monoisotopic (exact) mass is 425 g/mol. The quantitative estimate of drug-likeness (QED) is 0.334. The van der Waals surface area contributed by atoms with Crippen molar-refractivity contribution < 1.29 is 13.9 Å². The third kappa shape index (κ3) is 4.45. The number of nitrogens with one attached hydrogen (secondary N) is 1. The molecule has 4 heteroatoms. The minimum Gasteiger partial charge on any atom is -0.493 e. The van der Waals surface area contributed by atoms with Crippen LogP contribution in [0.2, 0.25) is 0 Å². The molecule has 1 aromatic heterocycles. The molecular formula is C28H27NO3. The van der Waals surface area contributed by atoms with Gasteiger partial charge in [-0.25, -0.2) is 0 Å². The predicted octanol–water partition coefficient (Wildman–Crippen LogP) is 7.16. The molecule has 4 nitrogen and oxygen atoms in total. The SMILES string of the molecule is CCOc1cc2occ(-c3ccccc3)c2cc1/C(C)=C/C(=O)Nc1cc(C)ccc1C. The molecule has 4 aromatic rings. The maximum atomic E-state index is 12.8. The van der Waals surface area contributed by atoms with Gasteiger partial charge in [0.2, 0.25) is 5.91 Å². The number of hydrogen-bond donors (Lipinski definition) is 1. The predicted molar refractivity (Wildman–Crippen MR) is 131 cm³/mol. The average molecular weight is 426 g/mol. The topological polar surface area (TPSA) is 51.5 Å². The van der Waals surface area contributed by atoms with Crippen molar-refractivity contribution in [3.63, 3.8) is 0 Å². The molecule has 1 N–H and O–H groups in total. The highest BCUT2D eigenvalue weighted by Crippen LogP contribution is 2.37. The second-order valence-electron chi connectivity index (χ2n) is 7.93. The molecule has 3 aromatic carbocycles. The highest BCUT2D eigenvalue weighted by Gasteiger charge is 2.15. The number of ether oxygens (including phenoxy) is 1. The smallest absolute Gasteiger partial charge is 0.248 e. The average Bonchev–Trinajstić information content (AvgIpc) is 3.19. The summed E-state index contributed by atoms with van der Waals surface area (Å²) in [5.41, 5.74) is 7.48. The molecule has 0 aliphatic carbocycles. The van der Waals surface area contributed by atoms with Gasteiger partial charge < -0.3 is 14.5 Å². The number of carbonyl (C=O) groups excluding carboxylic acids is 1. The Hall–Kier alpha value is -3.79. The minimum absolute atomic E-state index is 0.172. The van der Waals surface area contributed by atoms with Gasteiger partial charge in [-0.3, -0.25) is 4.79 Å². The molecular weight excluding hydrogens is 398 g/mol. The second-order valence-corrected chi connectivity index (χ2v) is 7.93. The van der Waals surface area contributed by atoms with Crippen LogP contribution >= 0.6 is 0 Å². The lowest BCUT2D eigenvalue weighted by Gasteiger charge is -2.12. The van der Waals surface area contributed by atoms with Gasteiger partial charge in [0.05, 0.1) is 12.9 Å². The van der Waals surface area contributed by atoms with E-state index in [1.54, 1.807) is 12.3 Å². The van der Waals surface area contributed by atoms with Gasteiger partial charge in [-0.1, -0.05) is 42.5 Å². The van der Waals surface area contributed by atoms with E-state index < -0.39 is 0 Å². The summed E-state index contributed by atoms with van der Waals surface area (Å²) in [5.74, 6) is 0.525. The molecule has 162 valence electrons. The van der Waals surface area contributed by atoms with E-state index in [2.05, 4.69) is 17.4 Å². The largest absolute Gasteiger partial charge is 0.493 e. The summed E-state index contributed by atoms with van der Waals surface area (Å²) in [6.45, 7) is 8.38. The van der Waals surface area contributed by atoms with Crippen LogP contribution in [0.3, 0.4) is 0 Å². The number of amides is 1. The van der Waals surface area contributed by atoms with Crippen LogP contribution in [0.25, 0.3) is 27.7 Å². The Labute approximate surface area is 188 Å². The fourth-order valence-corrected chi connectivity index (χ4v) is 3.79. The van der Waals surface area contributed by atoms with Crippen molar-refractivity contribution in [1.82, 2.24) is 0 Å². The maximum absolute atomic E-state index is 12.8. The van der Waals surface area contributed by atoms with Crippen molar-refractivity contribution in [2.24, 2.45) is 0 Å². The van der Waals surface area contributed by atoms with Crippen LogP contribution in [-0.4, -0.2) is 12.5 Å². The van der Waals surface area contributed by atoms with Gasteiger partial charge in [0.1, 0.15) is 11.3 Å². The summed E-state index contributed by atoms with van der Waals surface area (Å²) < 4.78 is 11.7. The third-order valence-corrected chi connectivity index (χ3v) is 5.48. The molecule has 4 rings (SSSR count). The van der Waals surface area contributed by atoms with Crippen molar-refractivity contribution in [1.29, 1.82) is 0 Å². The first-order valence-corrected chi connectivity index (χ1v) is 10.8. The maximum Gasteiger partial charge on any atom is 0.248 e. The van der Waals surface area contributed by atoms with E-state index in [1.807, 2.05) is 76.2 Å². The number of rotatable bonds is 6. The van der Waals surface area contributed by atoms with Gasteiger partial charge in [0.15, 0.2) is 0 Å². The number of fused-ring (bicyclic) bond motifs is 1. The van der Waals surface area contributed by atoms with E-state index in [0.717, 1.165) is 50.0 Å². The minimum atomic E-state index is -0.172. The number of benzene rings is 3. The van der Waals surface area contributed by atoms with Gasteiger partial charge in [-0.05, 0) is 62.1 Å². The van der Waals surface area contributed by atoms with Crippen LogP contribution in [-0.2, 0) is 4.79 Å². The molecule has 0 aliphatic heterocycles. The molecule has 1 heterocycles. The van der Waals surface area contributed by atoms with Crippen molar-refractivity contribution >= 4 is 28.1 Å². The summed E-state index contributed by atoms with van der Waals surface area (Å²) in [5, 5.41) is 3.98. The van der Waals surface area contributed by atoms with Crippen LogP contribution in [0, 0.1) is 13.8 Å². The summed E-state index contributed by atoms with van der Waals surface area (Å²) in [4.78, 5) is 12.8. The van der Waals surface area contributed by atoms with E-state index >= 15 is 0 Å². The molecule has 32 heavy (non-hydrogen) atoms. The number of allylic oxidation sites excluding steroid dienone is 1. The zero-order chi connectivity index (χ0) is 22.7. The Morgan fingerprint density at radius 1 is 1.06 bits per heavy atom. The van der Waals surface area contributed by atoms with Gasteiger partial charge in [0.25, 0.3) is 0 Å². The van der Waals surface area contributed by atoms with Crippen molar-refractivity contribution in [3.05, 3.63) is 89.7 Å². The van der Waals surface area contributed by atoms with E-state index in [9.17, 15) is 4.79 Å². The molecule has 0 aliphatic rings. The van der Waals surface area contributed by atoms with Crippen LogP contribution in [0.1, 0.15) is 30.5 Å². The van der Waals surface area contributed by atoms with Crippen LogP contribution in [0.4, 0.5) is 5.69 Å². The number of furan rings is 1. The van der Waals surface area contributed by atoms with Crippen molar-refractivity contribution in [2.75, 3.05) is 11.9 Å². The van der Waals surface area contributed by atoms with E-state index in [4.69, 9.17) is 9.15 Å². The molecule has 0 saturated heterocycles. The molecule has 0 fully saturated rings. The number of aryl methyl sites for hydroxylation is 2. The summed E-state index contributed by atoms with van der Waals surface area (Å²) >= 11 is 0. The van der Waals surface area contributed by atoms with E-state index in [-0.39, 0.29) is 5.91 Å². The summed E-state index contributed by atoms with van der Waals surface area (Å²) in [6, 6.07) is 20.1. The highest BCUT2D eigenvalue weighted by molar-refractivity contribution is 6.05. The van der Waals surface area contributed by atoms with Crippen LogP contribution < -0.4 is 10.1 Å². The van der Waals surface area contributed by atoms with Gasteiger partial charge in [-0.15, -0.1) is 0 Å². The molecule has 1 amide bonds. The third-order valence-electron chi connectivity index (χ3n) is 5.48. The van der Waals surface area contributed by atoms with Crippen LogP contribution in [0.15, 0.2) is 77.4 Å². The van der Waals surface area contributed by atoms with Gasteiger partial charge in [0, 0.05) is 34.3 Å². The zero-order valence-electron chi connectivity index (χ0n) is 18.9. The van der Waals surface area contributed by atoms with E-state index in [0.29, 0.717) is 12.4 Å². The normalized spacial score (nSPS) is 11.6. The molecule has 0 atom stereocenters. The summed E-state index contributed by atoms with van der Waals surface area (Å²) in [6.07, 6.45) is 3.39. The lowest BCUT2D eigenvalue weighted by Crippen LogP contribution is -2.10.